The van der Waals surface area contributed by atoms with E-state index in [0.29, 0.717) is 5.92 Å². The van der Waals surface area contributed by atoms with Gasteiger partial charge in [-0.15, -0.1) is 0 Å². The third-order valence-corrected chi connectivity index (χ3v) is 1.78. The Morgan fingerprint density at radius 2 is 2.08 bits per heavy atom. The number of nitrogens with zero attached hydrogens (tertiary/aromatic N) is 1. The van der Waals surface area contributed by atoms with Crippen LogP contribution in [-0.2, 0) is 0 Å². The highest BCUT2D eigenvalue weighted by Crippen LogP contribution is 2.18. The van der Waals surface area contributed by atoms with Crippen LogP contribution in [0.3, 0.4) is 0 Å². The lowest BCUT2D eigenvalue weighted by molar-refractivity contribution is 0.443. The van der Waals surface area contributed by atoms with Gasteiger partial charge in [0.25, 0.3) is 0 Å². The minimum absolute atomic E-state index is 0.466. The van der Waals surface area contributed by atoms with Crippen molar-refractivity contribution in [2.45, 2.75) is 53.4 Å². The highest BCUT2D eigenvalue weighted by Gasteiger charge is 2.09. The molecule has 76 valence electrons. The topological polar surface area (TPSA) is 26.0 Å². The first-order chi connectivity index (χ1) is 6.24. The first kappa shape index (κ1) is 12.2. The SMILES string of the molecule is CC.CCCC(C)c1nc(C)co1. The lowest BCUT2D eigenvalue weighted by Gasteiger charge is -2.02. The minimum atomic E-state index is 0.466. The second-order valence-corrected chi connectivity index (χ2v) is 3.02. The molecule has 0 spiro atoms. The minimum Gasteiger partial charge on any atom is -0.448 e. The zero-order chi connectivity index (χ0) is 10.3. The number of oxazole rings is 1. The first-order valence-corrected chi connectivity index (χ1v) is 5.16. The summed E-state index contributed by atoms with van der Waals surface area (Å²) in [5, 5.41) is 0. The fourth-order valence-corrected chi connectivity index (χ4v) is 1.16. The molecule has 1 atom stereocenters. The van der Waals surface area contributed by atoms with Gasteiger partial charge in [0.05, 0.1) is 5.69 Å². The van der Waals surface area contributed by atoms with E-state index in [1.54, 1.807) is 6.26 Å². The van der Waals surface area contributed by atoms with Gasteiger partial charge in [0.15, 0.2) is 5.89 Å². The van der Waals surface area contributed by atoms with Crippen LogP contribution in [-0.4, -0.2) is 4.98 Å². The van der Waals surface area contributed by atoms with Gasteiger partial charge in [-0.2, -0.15) is 0 Å². The van der Waals surface area contributed by atoms with Gasteiger partial charge in [0, 0.05) is 5.92 Å². The van der Waals surface area contributed by atoms with E-state index >= 15 is 0 Å². The Kier molecular flexibility index (Phi) is 6.29. The Morgan fingerprint density at radius 1 is 1.46 bits per heavy atom. The molecule has 2 nitrogen and oxygen atoms in total. The normalized spacial score (nSPS) is 11.8. The maximum atomic E-state index is 5.27. The van der Waals surface area contributed by atoms with Crippen LogP contribution < -0.4 is 0 Å². The van der Waals surface area contributed by atoms with Crippen molar-refractivity contribution < 1.29 is 4.42 Å². The standard InChI is InChI=1S/C9H15NO.C2H6/c1-4-5-7(2)9-10-8(3)6-11-9;1-2/h6-7H,4-5H2,1-3H3;1-2H3. The zero-order valence-corrected chi connectivity index (χ0v) is 9.42. The molecule has 0 N–H and O–H groups in total. The van der Waals surface area contributed by atoms with Crippen LogP contribution in [0.4, 0.5) is 0 Å². The molecule has 1 heterocycles. The molecule has 0 saturated carbocycles. The third-order valence-electron chi connectivity index (χ3n) is 1.78. The van der Waals surface area contributed by atoms with Gasteiger partial charge < -0.3 is 4.42 Å². The van der Waals surface area contributed by atoms with Crippen LogP contribution in [0.15, 0.2) is 10.7 Å². The van der Waals surface area contributed by atoms with E-state index in [0.717, 1.165) is 18.0 Å². The molecule has 0 bridgehead atoms. The Labute approximate surface area is 81.4 Å². The molecule has 0 aliphatic rings. The second-order valence-electron chi connectivity index (χ2n) is 3.02. The Balaban J connectivity index is 0.000000671. The summed E-state index contributed by atoms with van der Waals surface area (Å²) in [6.07, 6.45) is 4.05. The van der Waals surface area contributed by atoms with E-state index in [1.807, 2.05) is 20.8 Å². The monoisotopic (exact) mass is 183 g/mol. The molecule has 1 rings (SSSR count). The van der Waals surface area contributed by atoms with Crippen molar-refractivity contribution in [3.05, 3.63) is 17.8 Å². The number of rotatable bonds is 3. The van der Waals surface area contributed by atoms with Crippen molar-refractivity contribution >= 4 is 0 Å². The molecule has 0 fully saturated rings. The largest absolute Gasteiger partial charge is 0.448 e. The predicted octanol–water partition coefficient (Wildman–Crippen LogP) is 3.91. The summed E-state index contributed by atoms with van der Waals surface area (Å²) in [5.41, 5.74) is 0.975. The molecule has 0 amide bonds. The van der Waals surface area contributed by atoms with E-state index in [2.05, 4.69) is 18.8 Å². The molecule has 2 heteroatoms. The van der Waals surface area contributed by atoms with Crippen molar-refractivity contribution in [3.63, 3.8) is 0 Å². The van der Waals surface area contributed by atoms with Crippen molar-refractivity contribution in [2.75, 3.05) is 0 Å². The van der Waals surface area contributed by atoms with Gasteiger partial charge in [0.1, 0.15) is 6.26 Å². The number of hydrogen-bond acceptors (Lipinski definition) is 2. The Hall–Kier alpha value is -0.790. The molecule has 1 aromatic heterocycles. The summed E-state index contributed by atoms with van der Waals surface area (Å²) >= 11 is 0. The number of aromatic nitrogens is 1. The van der Waals surface area contributed by atoms with Crippen molar-refractivity contribution in [1.29, 1.82) is 0 Å². The van der Waals surface area contributed by atoms with Crippen LogP contribution in [0.1, 0.15) is 58.0 Å². The van der Waals surface area contributed by atoms with Gasteiger partial charge in [-0.05, 0) is 13.3 Å². The molecule has 13 heavy (non-hydrogen) atoms. The van der Waals surface area contributed by atoms with Gasteiger partial charge in [0.2, 0.25) is 0 Å². The Morgan fingerprint density at radius 3 is 2.46 bits per heavy atom. The van der Waals surface area contributed by atoms with Crippen LogP contribution in [0.5, 0.6) is 0 Å². The lowest BCUT2D eigenvalue weighted by Crippen LogP contribution is -1.92. The molecule has 0 aliphatic heterocycles. The summed E-state index contributed by atoms with van der Waals surface area (Å²) < 4.78 is 5.27. The average molecular weight is 183 g/mol. The van der Waals surface area contributed by atoms with Crippen LogP contribution in [0.2, 0.25) is 0 Å². The maximum absolute atomic E-state index is 5.27. The summed E-state index contributed by atoms with van der Waals surface area (Å²) in [6, 6.07) is 0. The quantitative estimate of drug-likeness (QED) is 0.710. The molecule has 1 unspecified atom stereocenters. The predicted molar refractivity (Wildman–Crippen MR) is 55.9 cm³/mol. The summed E-state index contributed by atoms with van der Waals surface area (Å²) in [7, 11) is 0. The molecule has 0 aliphatic carbocycles. The van der Waals surface area contributed by atoms with E-state index in [4.69, 9.17) is 4.42 Å². The highest BCUT2D eigenvalue weighted by atomic mass is 16.3. The van der Waals surface area contributed by atoms with Crippen molar-refractivity contribution in [1.82, 2.24) is 4.98 Å². The fraction of sp³-hybridized carbons (Fsp3) is 0.727. The van der Waals surface area contributed by atoms with E-state index < -0.39 is 0 Å². The molecular formula is C11H21NO. The summed E-state index contributed by atoms with van der Waals surface area (Å²) in [5.74, 6) is 1.35. The summed E-state index contributed by atoms with van der Waals surface area (Å²) in [6.45, 7) is 10.3. The maximum Gasteiger partial charge on any atom is 0.197 e. The third kappa shape index (κ3) is 4.11. The molecular weight excluding hydrogens is 162 g/mol. The highest BCUT2D eigenvalue weighted by molar-refractivity contribution is 4.97. The van der Waals surface area contributed by atoms with Crippen LogP contribution in [0.25, 0.3) is 0 Å². The van der Waals surface area contributed by atoms with Gasteiger partial charge in [-0.1, -0.05) is 34.1 Å². The van der Waals surface area contributed by atoms with Crippen molar-refractivity contribution in [3.8, 4) is 0 Å². The van der Waals surface area contributed by atoms with Gasteiger partial charge in [-0.25, -0.2) is 4.98 Å². The van der Waals surface area contributed by atoms with Gasteiger partial charge in [-0.3, -0.25) is 0 Å². The molecule has 0 aromatic carbocycles. The van der Waals surface area contributed by atoms with Crippen LogP contribution in [0, 0.1) is 6.92 Å². The Bertz CT molecular complexity index is 218. The summed E-state index contributed by atoms with van der Waals surface area (Å²) in [4.78, 5) is 4.26. The van der Waals surface area contributed by atoms with E-state index in [-0.39, 0.29) is 0 Å². The fourth-order valence-electron chi connectivity index (χ4n) is 1.16. The number of hydrogen-bond donors (Lipinski definition) is 0. The molecule has 1 aromatic rings. The molecule has 0 radical (unpaired) electrons. The smallest absolute Gasteiger partial charge is 0.197 e. The number of aryl methyl sites for hydroxylation is 1. The van der Waals surface area contributed by atoms with Gasteiger partial charge >= 0.3 is 0 Å². The average Bonchev–Trinajstić information content (AvgIpc) is 2.56. The van der Waals surface area contributed by atoms with Crippen molar-refractivity contribution in [2.24, 2.45) is 0 Å². The first-order valence-electron chi connectivity index (χ1n) is 5.16. The molecule has 0 saturated heterocycles. The van der Waals surface area contributed by atoms with Crippen LogP contribution >= 0.6 is 0 Å². The van der Waals surface area contributed by atoms with E-state index in [1.165, 1.54) is 6.42 Å². The van der Waals surface area contributed by atoms with E-state index in [9.17, 15) is 0 Å². The second kappa shape index (κ2) is 6.70. The lowest BCUT2D eigenvalue weighted by atomic mass is 10.1. The zero-order valence-electron chi connectivity index (χ0n) is 9.42.